The minimum absolute atomic E-state index is 0.231. The summed E-state index contributed by atoms with van der Waals surface area (Å²) in [5, 5.41) is 0. The predicted molar refractivity (Wildman–Crippen MR) is 82.3 cm³/mol. The van der Waals surface area contributed by atoms with Gasteiger partial charge in [-0.25, -0.2) is 0 Å². The quantitative estimate of drug-likeness (QED) is 0.680. The van der Waals surface area contributed by atoms with E-state index in [0.29, 0.717) is 4.75 Å². The number of nitrogens with two attached hydrogens (primary N) is 1. The number of hydrogen-bond acceptors (Lipinski definition) is 3. The van der Waals surface area contributed by atoms with Crippen LogP contribution in [0.5, 0.6) is 0 Å². The molecule has 2 nitrogen and oxygen atoms in total. The van der Waals surface area contributed by atoms with Crippen molar-refractivity contribution in [2.24, 2.45) is 5.73 Å². The molecule has 1 saturated heterocycles. The lowest BCUT2D eigenvalue weighted by molar-refractivity contribution is 0.102. The van der Waals surface area contributed by atoms with Gasteiger partial charge in [-0.3, -0.25) is 0 Å². The highest BCUT2D eigenvalue weighted by Gasteiger charge is 2.33. The molecule has 0 amide bonds. The Balaban J connectivity index is 2.48. The van der Waals surface area contributed by atoms with Gasteiger partial charge in [0.25, 0.3) is 0 Å². The first kappa shape index (κ1) is 16.3. The fourth-order valence-corrected chi connectivity index (χ4v) is 3.99. The Labute approximate surface area is 117 Å². The summed E-state index contributed by atoms with van der Waals surface area (Å²) in [6.07, 6.45) is 10.6. The molecule has 1 rings (SSSR count). The van der Waals surface area contributed by atoms with Crippen LogP contribution in [0.2, 0.25) is 0 Å². The van der Waals surface area contributed by atoms with Gasteiger partial charge >= 0.3 is 0 Å². The van der Waals surface area contributed by atoms with E-state index in [9.17, 15) is 0 Å². The van der Waals surface area contributed by atoms with E-state index in [1.165, 1.54) is 51.4 Å². The third-order valence-corrected chi connectivity index (χ3v) is 5.51. The molecular weight excluding hydrogens is 242 g/mol. The summed E-state index contributed by atoms with van der Waals surface area (Å²) >= 11 is 2.09. The molecule has 3 heteroatoms. The topological polar surface area (TPSA) is 35.2 Å². The maximum atomic E-state index is 6.02. The molecule has 0 aliphatic carbocycles. The summed E-state index contributed by atoms with van der Waals surface area (Å²) in [5.74, 6) is 1.07. The van der Waals surface area contributed by atoms with Gasteiger partial charge in [-0.05, 0) is 12.8 Å². The monoisotopic (exact) mass is 273 g/mol. The van der Waals surface area contributed by atoms with Crippen LogP contribution in [-0.2, 0) is 4.74 Å². The minimum atomic E-state index is 0.231. The van der Waals surface area contributed by atoms with Gasteiger partial charge < -0.3 is 10.5 Å². The van der Waals surface area contributed by atoms with E-state index in [2.05, 4.69) is 25.6 Å². The fraction of sp³-hybridized carbons (Fsp3) is 1.00. The molecule has 0 spiro atoms. The van der Waals surface area contributed by atoms with E-state index in [1.807, 2.05) is 0 Å². The predicted octanol–water partition coefficient (Wildman–Crippen LogP) is 3.98. The second-order valence-electron chi connectivity index (χ2n) is 5.68. The van der Waals surface area contributed by atoms with E-state index in [1.54, 1.807) is 0 Å². The number of unbranched alkanes of at least 4 members (excludes halogenated alkanes) is 4. The van der Waals surface area contributed by atoms with E-state index in [0.717, 1.165) is 19.0 Å². The maximum Gasteiger partial charge on any atom is 0.0626 e. The summed E-state index contributed by atoms with van der Waals surface area (Å²) in [7, 11) is 0. The first-order chi connectivity index (χ1) is 8.72. The van der Waals surface area contributed by atoms with Crippen LogP contribution in [0.25, 0.3) is 0 Å². The lowest BCUT2D eigenvalue weighted by atomic mass is 9.94. The van der Waals surface area contributed by atoms with E-state index in [-0.39, 0.29) is 6.04 Å². The number of hydrogen-bond donors (Lipinski definition) is 1. The van der Waals surface area contributed by atoms with Crippen molar-refractivity contribution >= 4 is 11.8 Å². The van der Waals surface area contributed by atoms with Crippen molar-refractivity contribution in [1.82, 2.24) is 0 Å². The molecule has 0 aromatic carbocycles. The highest BCUT2D eigenvalue weighted by Crippen LogP contribution is 2.38. The molecule has 1 fully saturated rings. The van der Waals surface area contributed by atoms with Gasteiger partial charge in [-0.2, -0.15) is 11.8 Å². The first-order valence-electron chi connectivity index (χ1n) is 7.69. The van der Waals surface area contributed by atoms with Gasteiger partial charge in [0.05, 0.1) is 13.2 Å². The Morgan fingerprint density at radius 2 is 1.72 bits per heavy atom. The normalized spacial score (nSPS) is 23.8. The Kier molecular flexibility index (Phi) is 8.36. The SMILES string of the molecule is CCCCCC1(CCCCC)COCC(N)CS1. The number of rotatable bonds is 8. The third kappa shape index (κ3) is 5.94. The highest BCUT2D eigenvalue weighted by atomic mass is 32.2. The molecule has 0 radical (unpaired) electrons. The van der Waals surface area contributed by atoms with Crippen molar-refractivity contribution in [3.05, 3.63) is 0 Å². The van der Waals surface area contributed by atoms with Gasteiger partial charge in [0.1, 0.15) is 0 Å². The molecule has 1 unspecified atom stereocenters. The molecule has 2 N–H and O–H groups in total. The van der Waals surface area contributed by atoms with E-state index < -0.39 is 0 Å². The lowest BCUT2D eigenvalue weighted by Gasteiger charge is -2.31. The van der Waals surface area contributed by atoms with Gasteiger partial charge in [-0.15, -0.1) is 0 Å². The maximum absolute atomic E-state index is 6.02. The molecule has 1 aliphatic heterocycles. The van der Waals surface area contributed by atoms with Crippen molar-refractivity contribution in [2.45, 2.75) is 76.0 Å². The number of ether oxygens (including phenoxy) is 1. The zero-order valence-electron chi connectivity index (χ0n) is 12.2. The Morgan fingerprint density at radius 1 is 1.11 bits per heavy atom. The average Bonchev–Trinajstić information content (AvgIpc) is 2.54. The zero-order chi connectivity index (χ0) is 13.3. The molecule has 1 heterocycles. The van der Waals surface area contributed by atoms with Crippen LogP contribution in [0.4, 0.5) is 0 Å². The van der Waals surface area contributed by atoms with Gasteiger partial charge in [-0.1, -0.05) is 52.4 Å². The largest absolute Gasteiger partial charge is 0.378 e. The molecule has 0 aromatic heterocycles. The smallest absolute Gasteiger partial charge is 0.0626 e. The van der Waals surface area contributed by atoms with Crippen LogP contribution in [0, 0.1) is 0 Å². The Hall–Kier alpha value is 0.270. The molecule has 0 bridgehead atoms. The van der Waals surface area contributed by atoms with Gasteiger partial charge in [0.2, 0.25) is 0 Å². The van der Waals surface area contributed by atoms with Crippen molar-refractivity contribution < 1.29 is 4.74 Å². The van der Waals surface area contributed by atoms with Crippen LogP contribution in [0.3, 0.4) is 0 Å². The molecule has 1 atom stereocenters. The first-order valence-corrected chi connectivity index (χ1v) is 8.68. The minimum Gasteiger partial charge on any atom is -0.378 e. The Morgan fingerprint density at radius 3 is 2.28 bits per heavy atom. The molecule has 1 aliphatic rings. The standard InChI is InChI=1S/C15H31NOS/c1-3-5-7-9-15(10-8-6-4-2)13-17-11-14(16)12-18-15/h14H,3-13,16H2,1-2H3. The molecule has 18 heavy (non-hydrogen) atoms. The summed E-state index contributed by atoms with van der Waals surface area (Å²) in [6, 6.07) is 0.231. The van der Waals surface area contributed by atoms with Crippen molar-refractivity contribution in [2.75, 3.05) is 19.0 Å². The van der Waals surface area contributed by atoms with Crippen molar-refractivity contribution in [1.29, 1.82) is 0 Å². The van der Waals surface area contributed by atoms with Crippen LogP contribution in [0.1, 0.15) is 65.2 Å². The summed E-state index contributed by atoms with van der Waals surface area (Å²) in [4.78, 5) is 0. The highest BCUT2D eigenvalue weighted by molar-refractivity contribution is 8.00. The van der Waals surface area contributed by atoms with Crippen LogP contribution in [0.15, 0.2) is 0 Å². The van der Waals surface area contributed by atoms with Crippen LogP contribution < -0.4 is 5.73 Å². The lowest BCUT2D eigenvalue weighted by Crippen LogP contribution is -2.30. The van der Waals surface area contributed by atoms with Gasteiger partial charge in [0.15, 0.2) is 0 Å². The van der Waals surface area contributed by atoms with E-state index >= 15 is 0 Å². The third-order valence-electron chi connectivity index (χ3n) is 3.77. The summed E-state index contributed by atoms with van der Waals surface area (Å²) in [6.45, 7) is 6.21. The fourth-order valence-electron chi connectivity index (χ4n) is 2.58. The molecular formula is C15H31NOS. The molecule has 0 saturated carbocycles. The van der Waals surface area contributed by atoms with E-state index in [4.69, 9.17) is 10.5 Å². The van der Waals surface area contributed by atoms with Crippen LogP contribution in [-0.4, -0.2) is 29.8 Å². The summed E-state index contributed by atoms with van der Waals surface area (Å²) < 4.78 is 6.20. The second-order valence-corrected chi connectivity index (χ2v) is 7.17. The number of thioether (sulfide) groups is 1. The van der Waals surface area contributed by atoms with Gasteiger partial charge in [0, 0.05) is 16.5 Å². The van der Waals surface area contributed by atoms with Crippen molar-refractivity contribution in [3.63, 3.8) is 0 Å². The average molecular weight is 273 g/mol. The zero-order valence-corrected chi connectivity index (χ0v) is 13.1. The Bertz CT molecular complexity index is 201. The van der Waals surface area contributed by atoms with Crippen LogP contribution >= 0.6 is 11.8 Å². The molecule has 108 valence electrons. The van der Waals surface area contributed by atoms with Crippen molar-refractivity contribution in [3.8, 4) is 0 Å². The second kappa shape index (κ2) is 9.22. The molecule has 0 aromatic rings. The summed E-state index contributed by atoms with van der Waals surface area (Å²) in [5.41, 5.74) is 6.02.